The summed E-state index contributed by atoms with van der Waals surface area (Å²) < 4.78 is 5.89. The summed E-state index contributed by atoms with van der Waals surface area (Å²) in [5.74, 6) is 1.96. The molecule has 0 saturated heterocycles. The first-order chi connectivity index (χ1) is 8.88. The average Bonchev–Trinajstić information content (AvgIpc) is 2.30. The van der Waals surface area contributed by atoms with Crippen molar-refractivity contribution in [3.05, 3.63) is 46.5 Å². The topological polar surface area (TPSA) is 49.7 Å². The summed E-state index contributed by atoms with van der Waals surface area (Å²) in [5, 5.41) is 19.3. The van der Waals surface area contributed by atoms with Crippen molar-refractivity contribution in [2.24, 2.45) is 0 Å². The lowest BCUT2D eigenvalue weighted by Crippen LogP contribution is -1.92. The fourth-order valence-electron chi connectivity index (χ4n) is 2.18. The third-order valence-corrected chi connectivity index (χ3v) is 3.13. The Morgan fingerprint density at radius 2 is 1.21 bits per heavy atom. The highest BCUT2D eigenvalue weighted by molar-refractivity contribution is 5.50. The molecule has 100 valence electrons. The fourth-order valence-corrected chi connectivity index (χ4v) is 2.18. The van der Waals surface area contributed by atoms with Gasteiger partial charge in [0, 0.05) is 0 Å². The number of phenols is 2. The zero-order chi connectivity index (χ0) is 14.2. The molecule has 3 nitrogen and oxygen atoms in total. The number of hydrogen-bond donors (Lipinski definition) is 2. The Hall–Kier alpha value is -2.16. The van der Waals surface area contributed by atoms with E-state index in [1.165, 1.54) is 0 Å². The fraction of sp³-hybridized carbons (Fsp3) is 0.250. The predicted molar refractivity (Wildman–Crippen MR) is 75.2 cm³/mol. The van der Waals surface area contributed by atoms with Crippen LogP contribution in [0.1, 0.15) is 22.3 Å². The molecule has 0 unspecified atom stereocenters. The molecule has 0 heterocycles. The average molecular weight is 258 g/mol. The lowest BCUT2D eigenvalue weighted by atomic mass is 10.1. The van der Waals surface area contributed by atoms with Gasteiger partial charge in [-0.3, -0.25) is 0 Å². The van der Waals surface area contributed by atoms with Gasteiger partial charge in [-0.05, 0) is 74.2 Å². The largest absolute Gasteiger partial charge is 0.508 e. The Bertz CT molecular complexity index is 584. The van der Waals surface area contributed by atoms with E-state index in [4.69, 9.17) is 4.74 Å². The first-order valence-electron chi connectivity index (χ1n) is 6.16. The minimum Gasteiger partial charge on any atom is -0.508 e. The number of benzene rings is 2. The molecule has 0 saturated carbocycles. The maximum atomic E-state index is 9.75. The zero-order valence-electron chi connectivity index (χ0n) is 11.6. The van der Waals surface area contributed by atoms with Crippen molar-refractivity contribution in [2.75, 3.05) is 0 Å². The molecule has 0 radical (unpaired) electrons. The van der Waals surface area contributed by atoms with E-state index in [2.05, 4.69) is 0 Å². The first-order valence-corrected chi connectivity index (χ1v) is 6.16. The van der Waals surface area contributed by atoms with Crippen molar-refractivity contribution in [2.45, 2.75) is 27.7 Å². The standard InChI is InChI=1S/C16H18O3/c1-9-7-14(8-10(2)15(9)18)19-16-11(3)5-13(17)6-12(16)4/h5-8,17-18H,1-4H3. The van der Waals surface area contributed by atoms with Gasteiger partial charge in [0.25, 0.3) is 0 Å². The summed E-state index contributed by atoms with van der Waals surface area (Å²) in [6, 6.07) is 6.94. The molecule has 3 heteroatoms. The van der Waals surface area contributed by atoms with E-state index >= 15 is 0 Å². The molecule has 2 rings (SSSR count). The number of phenolic OH excluding ortho intramolecular Hbond substituents is 2. The second kappa shape index (κ2) is 4.84. The van der Waals surface area contributed by atoms with E-state index in [9.17, 15) is 10.2 Å². The normalized spacial score (nSPS) is 10.5. The molecule has 0 spiro atoms. The van der Waals surface area contributed by atoms with E-state index in [0.717, 1.165) is 28.0 Å². The highest BCUT2D eigenvalue weighted by atomic mass is 16.5. The quantitative estimate of drug-likeness (QED) is 0.851. The molecular formula is C16H18O3. The van der Waals surface area contributed by atoms with Crippen LogP contribution in [0.4, 0.5) is 0 Å². The number of ether oxygens (including phenoxy) is 1. The monoisotopic (exact) mass is 258 g/mol. The third-order valence-electron chi connectivity index (χ3n) is 3.13. The summed E-state index contributed by atoms with van der Waals surface area (Å²) in [7, 11) is 0. The molecule has 0 fully saturated rings. The van der Waals surface area contributed by atoms with Gasteiger partial charge >= 0.3 is 0 Å². The highest BCUT2D eigenvalue weighted by Crippen LogP contribution is 2.34. The van der Waals surface area contributed by atoms with Gasteiger partial charge in [-0.2, -0.15) is 0 Å². The van der Waals surface area contributed by atoms with Crippen LogP contribution in [0.15, 0.2) is 24.3 Å². The van der Waals surface area contributed by atoms with Gasteiger partial charge in [0.15, 0.2) is 0 Å². The van der Waals surface area contributed by atoms with Crippen LogP contribution in [0.25, 0.3) is 0 Å². The maximum absolute atomic E-state index is 9.75. The number of rotatable bonds is 2. The Balaban J connectivity index is 2.42. The van der Waals surface area contributed by atoms with Crippen LogP contribution in [-0.2, 0) is 0 Å². The molecule has 19 heavy (non-hydrogen) atoms. The van der Waals surface area contributed by atoms with Crippen LogP contribution in [0.5, 0.6) is 23.0 Å². The second-order valence-corrected chi connectivity index (χ2v) is 4.92. The second-order valence-electron chi connectivity index (χ2n) is 4.92. The smallest absolute Gasteiger partial charge is 0.133 e. The maximum Gasteiger partial charge on any atom is 0.133 e. The minimum absolute atomic E-state index is 0.236. The van der Waals surface area contributed by atoms with Crippen LogP contribution in [-0.4, -0.2) is 10.2 Å². The van der Waals surface area contributed by atoms with Crippen LogP contribution < -0.4 is 4.74 Å². The Morgan fingerprint density at radius 1 is 0.737 bits per heavy atom. The predicted octanol–water partition coefficient (Wildman–Crippen LogP) is 4.12. The molecule has 0 aliphatic carbocycles. The van der Waals surface area contributed by atoms with Gasteiger partial charge in [0.1, 0.15) is 23.0 Å². The van der Waals surface area contributed by atoms with Gasteiger partial charge in [-0.1, -0.05) is 0 Å². The van der Waals surface area contributed by atoms with Crippen molar-refractivity contribution in [1.29, 1.82) is 0 Å². The van der Waals surface area contributed by atoms with Crippen LogP contribution in [0.2, 0.25) is 0 Å². The lowest BCUT2D eigenvalue weighted by molar-refractivity contribution is 0.450. The summed E-state index contributed by atoms with van der Waals surface area (Å²) in [4.78, 5) is 0. The van der Waals surface area contributed by atoms with Gasteiger partial charge in [0.2, 0.25) is 0 Å². The van der Waals surface area contributed by atoms with Crippen molar-refractivity contribution < 1.29 is 14.9 Å². The molecule has 0 bridgehead atoms. The van der Waals surface area contributed by atoms with Crippen molar-refractivity contribution in [3.8, 4) is 23.0 Å². The van der Waals surface area contributed by atoms with E-state index in [-0.39, 0.29) is 5.75 Å². The molecule has 2 N–H and O–H groups in total. The molecule has 0 aliphatic heterocycles. The van der Waals surface area contributed by atoms with Gasteiger partial charge < -0.3 is 14.9 Å². The highest BCUT2D eigenvalue weighted by Gasteiger charge is 2.10. The number of hydrogen-bond acceptors (Lipinski definition) is 3. The van der Waals surface area contributed by atoms with Gasteiger partial charge in [0.05, 0.1) is 0 Å². The van der Waals surface area contributed by atoms with E-state index in [0.29, 0.717) is 11.5 Å². The lowest BCUT2D eigenvalue weighted by Gasteiger charge is -2.14. The van der Waals surface area contributed by atoms with E-state index in [1.807, 2.05) is 27.7 Å². The third kappa shape index (κ3) is 2.65. The summed E-state index contributed by atoms with van der Waals surface area (Å²) in [6.45, 7) is 7.46. The van der Waals surface area contributed by atoms with Gasteiger partial charge in [-0.15, -0.1) is 0 Å². The van der Waals surface area contributed by atoms with Crippen LogP contribution in [0, 0.1) is 27.7 Å². The SMILES string of the molecule is Cc1cc(Oc2c(C)cc(O)cc2C)cc(C)c1O. The van der Waals surface area contributed by atoms with Crippen LogP contribution >= 0.6 is 0 Å². The molecule has 0 atom stereocenters. The van der Waals surface area contributed by atoms with Crippen molar-refractivity contribution in [1.82, 2.24) is 0 Å². The van der Waals surface area contributed by atoms with Gasteiger partial charge in [-0.25, -0.2) is 0 Å². The molecule has 0 aromatic heterocycles. The number of aromatic hydroxyl groups is 2. The van der Waals surface area contributed by atoms with Crippen molar-refractivity contribution >= 4 is 0 Å². The summed E-state index contributed by atoms with van der Waals surface area (Å²) in [6.07, 6.45) is 0. The Labute approximate surface area is 113 Å². The molecular weight excluding hydrogens is 240 g/mol. The van der Waals surface area contributed by atoms with Crippen molar-refractivity contribution in [3.63, 3.8) is 0 Å². The first kappa shape index (κ1) is 13.3. The van der Waals surface area contributed by atoms with Crippen LogP contribution in [0.3, 0.4) is 0 Å². The molecule has 2 aromatic rings. The molecule has 0 aliphatic rings. The summed E-state index contributed by atoms with van der Waals surface area (Å²) in [5.41, 5.74) is 3.31. The molecule has 0 amide bonds. The zero-order valence-corrected chi connectivity index (χ0v) is 11.6. The van der Waals surface area contributed by atoms with E-state index in [1.54, 1.807) is 24.3 Å². The summed E-state index contributed by atoms with van der Waals surface area (Å²) >= 11 is 0. The Morgan fingerprint density at radius 3 is 1.68 bits per heavy atom. The Kier molecular flexibility index (Phi) is 3.38. The number of aryl methyl sites for hydroxylation is 4. The van der Waals surface area contributed by atoms with E-state index < -0.39 is 0 Å². The molecule has 2 aromatic carbocycles. The minimum atomic E-state index is 0.236.